The zero-order chi connectivity index (χ0) is 14.1. The van der Waals surface area contributed by atoms with Gasteiger partial charge in [0.2, 0.25) is 0 Å². The van der Waals surface area contributed by atoms with Crippen molar-refractivity contribution in [3.8, 4) is 17.1 Å². The van der Waals surface area contributed by atoms with Gasteiger partial charge in [-0.15, -0.1) is 0 Å². The van der Waals surface area contributed by atoms with Gasteiger partial charge in [-0.25, -0.2) is 0 Å². The summed E-state index contributed by atoms with van der Waals surface area (Å²) in [5.41, 5.74) is 7.47. The van der Waals surface area contributed by atoms with Gasteiger partial charge in [0.15, 0.2) is 16.8 Å². The van der Waals surface area contributed by atoms with E-state index in [9.17, 15) is 4.79 Å². The Balaban J connectivity index is 2.31. The Morgan fingerprint density at radius 1 is 1.10 bits per heavy atom. The molecule has 0 saturated carbocycles. The van der Waals surface area contributed by atoms with Gasteiger partial charge in [-0.2, -0.15) is 0 Å². The maximum absolute atomic E-state index is 12.2. The van der Waals surface area contributed by atoms with Crippen LogP contribution < -0.4 is 15.9 Å². The minimum atomic E-state index is -0.109. The first-order valence-corrected chi connectivity index (χ1v) is 6.16. The third-order valence-corrected chi connectivity index (χ3v) is 3.11. The molecule has 0 amide bonds. The lowest BCUT2D eigenvalue weighted by atomic mass is 10.1. The van der Waals surface area contributed by atoms with Crippen LogP contribution in [0.1, 0.15) is 0 Å². The van der Waals surface area contributed by atoms with Gasteiger partial charge in [0.1, 0.15) is 5.76 Å². The third kappa shape index (κ3) is 2.01. The lowest BCUT2D eigenvalue weighted by Crippen LogP contribution is -2.01. The first-order valence-electron chi connectivity index (χ1n) is 6.16. The molecule has 4 nitrogen and oxygen atoms in total. The molecule has 0 radical (unpaired) electrons. The second-order valence-electron chi connectivity index (χ2n) is 4.44. The summed E-state index contributed by atoms with van der Waals surface area (Å²) in [6.07, 6.45) is 0. The normalized spacial score (nSPS) is 10.7. The number of fused-ring (bicyclic) bond motifs is 1. The summed E-state index contributed by atoms with van der Waals surface area (Å²) >= 11 is 0. The molecular formula is C16H13NO3. The van der Waals surface area contributed by atoms with E-state index in [0.29, 0.717) is 28.2 Å². The van der Waals surface area contributed by atoms with Crippen LogP contribution in [-0.2, 0) is 0 Å². The SMILES string of the molecule is COc1cccc2c(=O)cc(-c3cccc(N)c3)oc12. The molecule has 4 heteroatoms. The van der Waals surface area contributed by atoms with Gasteiger partial charge in [0.25, 0.3) is 0 Å². The van der Waals surface area contributed by atoms with Crippen molar-refractivity contribution < 1.29 is 9.15 Å². The minimum absolute atomic E-state index is 0.109. The van der Waals surface area contributed by atoms with Crippen LogP contribution >= 0.6 is 0 Å². The highest BCUT2D eigenvalue weighted by molar-refractivity contribution is 5.84. The number of nitrogens with two attached hydrogens (primary N) is 1. The topological polar surface area (TPSA) is 65.5 Å². The van der Waals surface area contributed by atoms with E-state index in [1.54, 1.807) is 37.4 Å². The minimum Gasteiger partial charge on any atom is -0.493 e. The Labute approximate surface area is 115 Å². The van der Waals surface area contributed by atoms with Gasteiger partial charge in [-0.3, -0.25) is 4.79 Å². The molecule has 20 heavy (non-hydrogen) atoms. The highest BCUT2D eigenvalue weighted by atomic mass is 16.5. The number of hydrogen-bond acceptors (Lipinski definition) is 4. The summed E-state index contributed by atoms with van der Waals surface area (Å²) in [5, 5.41) is 0.497. The van der Waals surface area contributed by atoms with E-state index in [2.05, 4.69) is 0 Å². The van der Waals surface area contributed by atoms with Crippen LogP contribution in [0.2, 0.25) is 0 Å². The Kier molecular flexibility index (Phi) is 2.91. The van der Waals surface area contributed by atoms with Crippen LogP contribution in [-0.4, -0.2) is 7.11 Å². The van der Waals surface area contributed by atoms with Crippen molar-refractivity contribution in [3.05, 3.63) is 58.8 Å². The Morgan fingerprint density at radius 2 is 1.90 bits per heavy atom. The number of nitrogen functional groups attached to an aromatic ring is 1. The quantitative estimate of drug-likeness (QED) is 0.725. The molecule has 0 aliphatic carbocycles. The molecule has 0 fully saturated rings. The molecule has 0 saturated heterocycles. The van der Waals surface area contributed by atoms with E-state index in [1.807, 2.05) is 12.1 Å². The maximum atomic E-state index is 12.2. The fourth-order valence-corrected chi connectivity index (χ4v) is 2.15. The van der Waals surface area contributed by atoms with E-state index >= 15 is 0 Å². The molecule has 2 N–H and O–H groups in total. The first kappa shape index (κ1) is 12.3. The van der Waals surface area contributed by atoms with Crippen molar-refractivity contribution in [2.24, 2.45) is 0 Å². The van der Waals surface area contributed by atoms with Gasteiger partial charge >= 0.3 is 0 Å². The van der Waals surface area contributed by atoms with Crippen molar-refractivity contribution >= 4 is 16.7 Å². The summed E-state index contributed by atoms with van der Waals surface area (Å²) in [6, 6.07) is 13.9. The smallest absolute Gasteiger partial charge is 0.193 e. The van der Waals surface area contributed by atoms with Crippen molar-refractivity contribution in [1.29, 1.82) is 0 Å². The van der Waals surface area contributed by atoms with E-state index < -0.39 is 0 Å². The molecule has 0 unspecified atom stereocenters. The van der Waals surface area contributed by atoms with Crippen molar-refractivity contribution in [2.75, 3.05) is 12.8 Å². The lowest BCUT2D eigenvalue weighted by Gasteiger charge is -2.07. The largest absolute Gasteiger partial charge is 0.493 e. The van der Waals surface area contributed by atoms with Crippen LogP contribution in [0.4, 0.5) is 5.69 Å². The molecule has 100 valence electrons. The molecule has 0 bridgehead atoms. The molecule has 0 aliphatic rings. The fourth-order valence-electron chi connectivity index (χ4n) is 2.15. The van der Waals surface area contributed by atoms with E-state index in [4.69, 9.17) is 14.9 Å². The summed E-state index contributed by atoms with van der Waals surface area (Å²) in [6.45, 7) is 0. The molecule has 2 aromatic carbocycles. The van der Waals surface area contributed by atoms with E-state index in [0.717, 1.165) is 5.56 Å². The maximum Gasteiger partial charge on any atom is 0.193 e. The second kappa shape index (κ2) is 4.74. The Morgan fingerprint density at radius 3 is 2.65 bits per heavy atom. The molecule has 0 spiro atoms. The van der Waals surface area contributed by atoms with Crippen LogP contribution in [0.15, 0.2) is 57.7 Å². The Bertz CT molecular complexity index is 836. The molecule has 3 rings (SSSR count). The summed E-state index contributed by atoms with van der Waals surface area (Å²) in [4.78, 5) is 12.2. The summed E-state index contributed by atoms with van der Waals surface area (Å²) in [7, 11) is 1.54. The fraction of sp³-hybridized carbons (Fsp3) is 0.0625. The number of methoxy groups -OCH3 is 1. The number of rotatable bonds is 2. The summed E-state index contributed by atoms with van der Waals surface area (Å²) < 4.78 is 11.1. The van der Waals surface area contributed by atoms with Gasteiger partial charge in [0.05, 0.1) is 12.5 Å². The molecule has 3 aromatic rings. The number of para-hydroxylation sites is 1. The first-order chi connectivity index (χ1) is 9.69. The Hall–Kier alpha value is -2.75. The standard InChI is InChI=1S/C16H13NO3/c1-19-14-7-3-6-12-13(18)9-15(20-16(12)14)10-4-2-5-11(17)8-10/h2-9H,17H2,1H3. The average Bonchev–Trinajstić information content (AvgIpc) is 2.46. The third-order valence-electron chi connectivity index (χ3n) is 3.11. The molecular weight excluding hydrogens is 254 g/mol. The highest BCUT2D eigenvalue weighted by Gasteiger charge is 2.10. The average molecular weight is 267 g/mol. The van der Waals surface area contributed by atoms with Gasteiger partial charge < -0.3 is 14.9 Å². The van der Waals surface area contributed by atoms with Crippen molar-refractivity contribution in [3.63, 3.8) is 0 Å². The van der Waals surface area contributed by atoms with Crippen LogP contribution in [0.5, 0.6) is 5.75 Å². The lowest BCUT2D eigenvalue weighted by molar-refractivity contribution is 0.410. The zero-order valence-electron chi connectivity index (χ0n) is 10.9. The molecule has 1 heterocycles. The van der Waals surface area contributed by atoms with Crippen molar-refractivity contribution in [1.82, 2.24) is 0 Å². The van der Waals surface area contributed by atoms with Gasteiger partial charge in [-0.1, -0.05) is 18.2 Å². The number of anilines is 1. The number of ether oxygens (including phenoxy) is 1. The van der Waals surface area contributed by atoms with E-state index in [-0.39, 0.29) is 5.43 Å². The molecule has 0 atom stereocenters. The highest BCUT2D eigenvalue weighted by Crippen LogP contribution is 2.28. The predicted molar refractivity (Wildman–Crippen MR) is 78.9 cm³/mol. The monoisotopic (exact) mass is 267 g/mol. The van der Waals surface area contributed by atoms with Gasteiger partial charge in [0, 0.05) is 17.3 Å². The van der Waals surface area contributed by atoms with Crippen LogP contribution in [0.3, 0.4) is 0 Å². The van der Waals surface area contributed by atoms with Gasteiger partial charge in [-0.05, 0) is 24.3 Å². The number of hydrogen-bond donors (Lipinski definition) is 1. The number of benzene rings is 2. The molecule has 1 aromatic heterocycles. The summed E-state index contributed by atoms with van der Waals surface area (Å²) in [5.74, 6) is 1.00. The van der Waals surface area contributed by atoms with Crippen LogP contribution in [0, 0.1) is 0 Å². The second-order valence-corrected chi connectivity index (χ2v) is 4.44. The zero-order valence-corrected chi connectivity index (χ0v) is 10.9. The van der Waals surface area contributed by atoms with E-state index in [1.165, 1.54) is 6.07 Å². The van der Waals surface area contributed by atoms with Crippen LogP contribution in [0.25, 0.3) is 22.3 Å². The molecule has 0 aliphatic heterocycles. The van der Waals surface area contributed by atoms with Crippen molar-refractivity contribution in [2.45, 2.75) is 0 Å². The predicted octanol–water partition coefficient (Wildman–Crippen LogP) is 3.05.